The fourth-order valence-electron chi connectivity index (χ4n) is 2.36. The number of rotatable bonds is 3. The van der Waals surface area contributed by atoms with Crippen LogP contribution in [-0.4, -0.2) is 15.6 Å². The van der Waals surface area contributed by atoms with Gasteiger partial charge >= 0.3 is 5.97 Å². The third kappa shape index (κ3) is 2.83. The van der Waals surface area contributed by atoms with Gasteiger partial charge in [-0.3, -0.25) is 0 Å². The van der Waals surface area contributed by atoms with E-state index in [2.05, 4.69) is 6.07 Å². The lowest BCUT2D eigenvalue weighted by Crippen LogP contribution is -1.97. The van der Waals surface area contributed by atoms with Gasteiger partial charge in [-0.1, -0.05) is 29.8 Å². The lowest BCUT2D eigenvalue weighted by atomic mass is 10.1. The fourth-order valence-corrected chi connectivity index (χ4v) is 2.60. The number of aromatic nitrogens is 1. The highest BCUT2D eigenvalue weighted by molar-refractivity contribution is 6.33. The number of carbonyl (C=O) groups is 1. The van der Waals surface area contributed by atoms with Gasteiger partial charge in [0.2, 0.25) is 0 Å². The molecular formula is C18H11ClN2O2. The van der Waals surface area contributed by atoms with Crippen LogP contribution in [0.1, 0.15) is 15.9 Å². The van der Waals surface area contributed by atoms with Crippen molar-refractivity contribution in [1.82, 2.24) is 4.57 Å². The fraction of sp³-hybridized carbons (Fsp3) is 0. The molecule has 4 nitrogen and oxygen atoms in total. The summed E-state index contributed by atoms with van der Waals surface area (Å²) >= 11 is 6.21. The van der Waals surface area contributed by atoms with Gasteiger partial charge in [-0.25, -0.2) is 4.79 Å². The van der Waals surface area contributed by atoms with Crippen LogP contribution in [-0.2, 0) is 0 Å². The first-order valence-electron chi connectivity index (χ1n) is 6.81. The second-order valence-electron chi connectivity index (χ2n) is 4.94. The van der Waals surface area contributed by atoms with Crippen LogP contribution in [0.3, 0.4) is 0 Å². The molecule has 3 rings (SSSR count). The van der Waals surface area contributed by atoms with Crippen molar-refractivity contribution in [2.24, 2.45) is 0 Å². The molecule has 0 aliphatic heterocycles. The minimum Gasteiger partial charge on any atom is -0.478 e. The molecule has 0 spiro atoms. The molecule has 0 aliphatic rings. The van der Waals surface area contributed by atoms with Gasteiger partial charge in [0.25, 0.3) is 0 Å². The molecule has 2 aromatic carbocycles. The van der Waals surface area contributed by atoms with E-state index in [1.165, 1.54) is 12.1 Å². The molecule has 3 aromatic rings. The van der Waals surface area contributed by atoms with Crippen LogP contribution in [0.15, 0.2) is 60.9 Å². The monoisotopic (exact) mass is 322 g/mol. The Balaban J connectivity index is 2.08. The molecule has 1 aromatic heterocycles. The van der Waals surface area contributed by atoms with Crippen molar-refractivity contribution in [2.75, 3.05) is 0 Å². The van der Waals surface area contributed by atoms with E-state index in [0.29, 0.717) is 10.6 Å². The second kappa shape index (κ2) is 5.99. The van der Waals surface area contributed by atoms with E-state index in [1.54, 1.807) is 29.0 Å². The van der Waals surface area contributed by atoms with Gasteiger partial charge < -0.3 is 9.67 Å². The third-order valence-electron chi connectivity index (χ3n) is 3.52. The summed E-state index contributed by atoms with van der Waals surface area (Å²) in [6.07, 6.45) is 3.52. The maximum absolute atomic E-state index is 10.9. The number of hydrogen-bond acceptors (Lipinski definition) is 2. The van der Waals surface area contributed by atoms with Crippen LogP contribution in [0.25, 0.3) is 16.8 Å². The summed E-state index contributed by atoms with van der Waals surface area (Å²) in [6.45, 7) is 0. The van der Waals surface area contributed by atoms with E-state index >= 15 is 0 Å². The van der Waals surface area contributed by atoms with Crippen LogP contribution >= 0.6 is 11.6 Å². The SMILES string of the molecule is N#Cc1cn(-c2ccc(C(=O)O)cc2)cc1-c1ccccc1Cl. The van der Waals surface area contributed by atoms with E-state index in [0.717, 1.165) is 16.8 Å². The molecule has 23 heavy (non-hydrogen) atoms. The summed E-state index contributed by atoms with van der Waals surface area (Å²) in [7, 11) is 0. The highest BCUT2D eigenvalue weighted by Crippen LogP contribution is 2.31. The molecule has 0 saturated carbocycles. The van der Waals surface area contributed by atoms with E-state index in [-0.39, 0.29) is 5.56 Å². The van der Waals surface area contributed by atoms with E-state index in [4.69, 9.17) is 16.7 Å². The van der Waals surface area contributed by atoms with Gasteiger partial charge in [0.1, 0.15) is 6.07 Å². The molecule has 0 aliphatic carbocycles. The Hall–Kier alpha value is -3.03. The van der Waals surface area contributed by atoms with Crippen molar-refractivity contribution in [1.29, 1.82) is 5.26 Å². The van der Waals surface area contributed by atoms with Crippen molar-refractivity contribution in [2.45, 2.75) is 0 Å². The van der Waals surface area contributed by atoms with E-state index in [1.807, 2.05) is 24.4 Å². The Labute approximate surface area is 137 Å². The Morgan fingerprint density at radius 1 is 1.04 bits per heavy atom. The average molecular weight is 323 g/mol. The Bertz CT molecular complexity index is 921. The Morgan fingerprint density at radius 2 is 1.74 bits per heavy atom. The number of halogens is 1. The van der Waals surface area contributed by atoms with Gasteiger partial charge in [-0.15, -0.1) is 0 Å². The average Bonchev–Trinajstić information content (AvgIpc) is 2.99. The van der Waals surface area contributed by atoms with Crippen LogP contribution in [0.5, 0.6) is 0 Å². The molecule has 0 radical (unpaired) electrons. The van der Waals surface area contributed by atoms with E-state index in [9.17, 15) is 10.1 Å². The van der Waals surface area contributed by atoms with Gasteiger partial charge in [0.15, 0.2) is 0 Å². The zero-order valence-corrected chi connectivity index (χ0v) is 12.7. The normalized spacial score (nSPS) is 10.3. The molecule has 1 N–H and O–H groups in total. The van der Waals surface area contributed by atoms with Crippen molar-refractivity contribution < 1.29 is 9.90 Å². The molecule has 0 saturated heterocycles. The maximum atomic E-state index is 10.9. The molecule has 112 valence electrons. The van der Waals surface area contributed by atoms with Crippen molar-refractivity contribution in [3.05, 3.63) is 77.1 Å². The summed E-state index contributed by atoms with van der Waals surface area (Å²) in [6, 6.07) is 15.9. The molecular weight excluding hydrogens is 312 g/mol. The minimum absolute atomic E-state index is 0.216. The number of nitrogens with zero attached hydrogens (tertiary/aromatic N) is 2. The van der Waals surface area contributed by atoms with Gasteiger partial charge in [0, 0.05) is 34.2 Å². The smallest absolute Gasteiger partial charge is 0.335 e. The van der Waals surface area contributed by atoms with Crippen molar-refractivity contribution in [3.63, 3.8) is 0 Å². The molecule has 0 fully saturated rings. The summed E-state index contributed by atoms with van der Waals surface area (Å²) in [5.41, 5.74) is 3.00. The predicted octanol–water partition coefficient (Wildman–Crippen LogP) is 4.37. The number of benzene rings is 2. The van der Waals surface area contributed by atoms with Gasteiger partial charge in [-0.2, -0.15) is 5.26 Å². The summed E-state index contributed by atoms with van der Waals surface area (Å²) in [5, 5.41) is 18.9. The number of carboxylic acids is 1. The second-order valence-corrected chi connectivity index (χ2v) is 5.34. The first kappa shape index (κ1) is 14.9. The standard InChI is InChI=1S/C18H11ClN2O2/c19-17-4-2-1-3-15(17)16-11-21(10-13(16)9-20)14-7-5-12(6-8-14)18(22)23/h1-8,10-11H,(H,22,23). The zero-order chi connectivity index (χ0) is 16.4. The summed E-state index contributed by atoms with van der Waals surface area (Å²) in [5.74, 6) is -0.974. The molecule has 5 heteroatoms. The molecule has 1 heterocycles. The van der Waals surface area contributed by atoms with Crippen LogP contribution in [0.4, 0.5) is 0 Å². The Morgan fingerprint density at radius 3 is 2.35 bits per heavy atom. The summed E-state index contributed by atoms with van der Waals surface area (Å²) < 4.78 is 1.78. The van der Waals surface area contributed by atoms with Crippen LogP contribution in [0, 0.1) is 11.3 Å². The third-order valence-corrected chi connectivity index (χ3v) is 3.85. The number of nitriles is 1. The van der Waals surface area contributed by atoms with Gasteiger partial charge in [-0.05, 0) is 30.3 Å². The zero-order valence-electron chi connectivity index (χ0n) is 11.9. The van der Waals surface area contributed by atoms with E-state index < -0.39 is 5.97 Å². The Kier molecular flexibility index (Phi) is 3.88. The van der Waals surface area contributed by atoms with Gasteiger partial charge in [0.05, 0.1) is 11.1 Å². The highest BCUT2D eigenvalue weighted by Gasteiger charge is 2.12. The quantitative estimate of drug-likeness (QED) is 0.778. The predicted molar refractivity (Wildman–Crippen MR) is 87.9 cm³/mol. The molecule has 0 atom stereocenters. The lowest BCUT2D eigenvalue weighted by Gasteiger charge is -2.04. The maximum Gasteiger partial charge on any atom is 0.335 e. The van der Waals surface area contributed by atoms with Crippen molar-refractivity contribution in [3.8, 4) is 22.9 Å². The summed E-state index contributed by atoms with van der Waals surface area (Å²) in [4.78, 5) is 10.9. The van der Waals surface area contributed by atoms with Crippen LogP contribution in [0.2, 0.25) is 5.02 Å². The topological polar surface area (TPSA) is 66.0 Å². The first-order chi connectivity index (χ1) is 11.1. The van der Waals surface area contributed by atoms with Crippen molar-refractivity contribution >= 4 is 17.6 Å². The minimum atomic E-state index is -0.974. The lowest BCUT2D eigenvalue weighted by molar-refractivity contribution is 0.0697. The molecule has 0 unspecified atom stereocenters. The van der Waals surface area contributed by atoms with Crippen LogP contribution < -0.4 is 0 Å². The first-order valence-corrected chi connectivity index (χ1v) is 7.18. The number of aromatic carboxylic acids is 1. The number of hydrogen-bond donors (Lipinski definition) is 1. The molecule has 0 amide bonds. The largest absolute Gasteiger partial charge is 0.478 e. The molecule has 0 bridgehead atoms. The highest BCUT2D eigenvalue weighted by atomic mass is 35.5. The number of carboxylic acid groups (broad SMARTS) is 1.